The molecule has 1 aliphatic rings. The van der Waals surface area contributed by atoms with Gasteiger partial charge in [-0.3, -0.25) is 9.69 Å². The summed E-state index contributed by atoms with van der Waals surface area (Å²) in [6, 6.07) is 11.2. The number of hydrogen-bond donors (Lipinski definition) is 1. The summed E-state index contributed by atoms with van der Waals surface area (Å²) in [5, 5.41) is 13.3. The summed E-state index contributed by atoms with van der Waals surface area (Å²) in [5.74, 6) is 1.35. The van der Waals surface area contributed by atoms with E-state index in [0.29, 0.717) is 34.9 Å². The molecule has 0 aliphatic carbocycles. The number of ether oxygens (including phenoxy) is 2. The van der Waals surface area contributed by atoms with Crippen LogP contribution in [0.25, 0.3) is 10.9 Å². The van der Waals surface area contributed by atoms with Crippen LogP contribution in [-0.2, 0) is 6.54 Å². The minimum atomic E-state index is -0.476. The average Bonchev–Trinajstić information content (AvgIpc) is 3.33. The SMILES string of the molecule is COc1cc2cc([C@H](c3nnnn3Cc3ccc(F)cc3)N3CCN(C)CC3)c(=O)[nH]c2cc1OC. The number of aromatic amines is 1. The molecule has 1 N–H and O–H groups in total. The Hall–Kier alpha value is -3.83. The molecule has 0 saturated carbocycles. The lowest BCUT2D eigenvalue weighted by Crippen LogP contribution is -2.47. The molecule has 0 radical (unpaired) electrons. The minimum absolute atomic E-state index is 0.227. The van der Waals surface area contributed by atoms with Gasteiger partial charge in [0, 0.05) is 43.2 Å². The maximum absolute atomic E-state index is 13.5. The Kier molecular flexibility index (Phi) is 6.66. The van der Waals surface area contributed by atoms with Crippen molar-refractivity contribution in [2.45, 2.75) is 12.6 Å². The summed E-state index contributed by atoms with van der Waals surface area (Å²) in [6.45, 7) is 3.55. The Bertz CT molecular complexity index is 1410. The van der Waals surface area contributed by atoms with Gasteiger partial charge in [0.2, 0.25) is 0 Å². The normalized spacial score (nSPS) is 15.8. The van der Waals surface area contributed by atoms with Crippen LogP contribution < -0.4 is 15.0 Å². The van der Waals surface area contributed by atoms with E-state index >= 15 is 0 Å². The van der Waals surface area contributed by atoms with Gasteiger partial charge in [0.25, 0.3) is 5.56 Å². The third kappa shape index (κ3) is 4.67. The van der Waals surface area contributed by atoms with E-state index in [2.05, 4.69) is 37.4 Å². The number of piperazine rings is 1. The van der Waals surface area contributed by atoms with E-state index in [-0.39, 0.29) is 11.4 Å². The summed E-state index contributed by atoms with van der Waals surface area (Å²) < 4.78 is 26.0. The highest BCUT2D eigenvalue weighted by Gasteiger charge is 2.32. The van der Waals surface area contributed by atoms with Crippen LogP contribution in [0.2, 0.25) is 0 Å². The number of benzene rings is 2. The number of pyridine rings is 1. The van der Waals surface area contributed by atoms with Gasteiger partial charge in [-0.25, -0.2) is 9.07 Å². The zero-order valence-corrected chi connectivity index (χ0v) is 20.4. The highest BCUT2D eigenvalue weighted by Crippen LogP contribution is 2.33. The van der Waals surface area contributed by atoms with Crippen molar-refractivity contribution in [3.63, 3.8) is 0 Å². The van der Waals surface area contributed by atoms with Crippen LogP contribution in [0, 0.1) is 5.82 Å². The smallest absolute Gasteiger partial charge is 0.253 e. The van der Waals surface area contributed by atoms with E-state index in [1.54, 1.807) is 37.1 Å². The molecule has 36 heavy (non-hydrogen) atoms. The van der Waals surface area contributed by atoms with Gasteiger partial charge in [-0.15, -0.1) is 5.10 Å². The van der Waals surface area contributed by atoms with Gasteiger partial charge in [-0.1, -0.05) is 12.1 Å². The fourth-order valence-electron chi connectivity index (χ4n) is 4.62. The molecule has 5 rings (SSSR count). The van der Waals surface area contributed by atoms with Crippen molar-refractivity contribution in [1.82, 2.24) is 35.0 Å². The van der Waals surface area contributed by atoms with Crippen molar-refractivity contribution >= 4 is 10.9 Å². The predicted molar refractivity (Wildman–Crippen MR) is 132 cm³/mol. The Balaban J connectivity index is 1.61. The summed E-state index contributed by atoms with van der Waals surface area (Å²) in [7, 11) is 5.21. The molecule has 0 unspecified atom stereocenters. The van der Waals surface area contributed by atoms with E-state index in [1.807, 2.05) is 12.1 Å². The number of likely N-dealkylation sites (N-methyl/N-ethyl adjacent to an activating group) is 1. The van der Waals surface area contributed by atoms with Gasteiger partial charge in [0.05, 0.1) is 26.3 Å². The first-order chi connectivity index (χ1) is 17.5. The Morgan fingerprint density at radius 3 is 2.42 bits per heavy atom. The fraction of sp³-hybridized carbons (Fsp3) is 0.360. The van der Waals surface area contributed by atoms with Crippen molar-refractivity contribution in [1.29, 1.82) is 0 Å². The number of rotatable bonds is 7. The van der Waals surface area contributed by atoms with E-state index < -0.39 is 6.04 Å². The van der Waals surface area contributed by atoms with Crippen LogP contribution in [0.1, 0.15) is 23.0 Å². The number of tetrazole rings is 1. The summed E-state index contributed by atoms with van der Waals surface area (Å²) in [4.78, 5) is 20.9. The maximum atomic E-state index is 13.5. The monoisotopic (exact) mass is 493 g/mol. The molecule has 3 heterocycles. The molecule has 11 heteroatoms. The fourth-order valence-corrected chi connectivity index (χ4v) is 4.62. The topological polar surface area (TPSA) is 101 Å². The van der Waals surface area contributed by atoms with E-state index in [0.717, 1.165) is 37.1 Å². The second-order valence-corrected chi connectivity index (χ2v) is 8.91. The number of H-pyrrole nitrogens is 1. The van der Waals surface area contributed by atoms with E-state index in [4.69, 9.17) is 9.47 Å². The second-order valence-electron chi connectivity index (χ2n) is 8.91. The minimum Gasteiger partial charge on any atom is -0.493 e. The van der Waals surface area contributed by atoms with Crippen molar-refractivity contribution < 1.29 is 13.9 Å². The molecule has 2 aromatic carbocycles. The number of aromatic nitrogens is 5. The Labute approximate surface area is 207 Å². The Morgan fingerprint density at radius 2 is 1.72 bits per heavy atom. The molecular weight excluding hydrogens is 465 g/mol. The standard InChI is InChI=1S/C25H28FN7O3/c1-31-8-10-32(11-9-31)23(24-28-29-30-33(24)15-16-4-6-18(26)7-5-16)19-12-17-13-21(35-2)22(36-3)14-20(17)27-25(19)34/h4-7,12-14,23H,8-11,15H2,1-3H3,(H,27,34)/t23-/m1/s1. The molecule has 1 aliphatic heterocycles. The van der Waals surface area contributed by atoms with Crippen molar-refractivity contribution in [3.05, 3.63) is 75.6 Å². The van der Waals surface area contributed by atoms with Gasteiger partial charge in [-0.2, -0.15) is 0 Å². The third-order valence-corrected chi connectivity index (χ3v) is 6.62. The Morgan fingerprint density at radius 1 is 1.03 bits per heavy atom. The first-order valence-corrected chi connectivity index (χ1v) is 11.7. The van der Waals surface area contributed by atoms with Gasteiger partial charge >= 0.3 is 0 Å². The molecule has 1 atom stereocenters. The van der Waals surface area contributed by atoms with Crippen LogP contribution in [0.4, 0.5) is 4.39 Å². The number of fused-ring (bicyclic) bond motifs is 1. The lowest BCUT2D eigenvalue weighted by molar-refractivity contribution is 0.121. The first kappa shape index (κ1) is 23.9. The van der Waals surface area contributed by atoms with Crippen LogP contribution >= 0.6 is 0 Å². The molecule has 1 saturated heterocycles. The molecule has 10 nitrogen and oxygen atoms in total. The van der Waals surface area contributed by atoms with Crippen molar-refractivity contribution in [2.75, 3.05) is 47.4 Å². The molecular formula is C25H28FN7O3. The molecule has 4 aromatic rings. The molecule has 1 fully saturated rings. The number of halogens is 1. The lowest BCUT2D eigenvalue weighted by atomic mass is 10.0. The van der Waals surface area contributed by atoms with Crippen molar-refractivity contribution in [3.8, 4) is 11.5 Å². The molecule has 0 spiro atoms. The molecule has 2 aromatic heterocycles. The first-order valence-electron chi connectivity index (χ1n) is 11.7. The molecule has 188 valence electrons. The summed E-state index contributed by atoms with van der Waals surface area (Å²) >= 11 is 0. The quantitative estimate of drug-likeness (QED) is 0.418. The zero-order chi connectivity index (χ0) is 25.2. The van der Waals surface area contributed by atoms with Gasteiger partial charge in [0.15, 0.2) is 17.3 Å². The third-order valence-electron chi connectivity index (χ3n) is 6.62. The maximum Gasteiger partial charge on any atom is 0.253 e. The van der Waals surface area contributed by atoms with Crippen LogP contribution in [0.15, 0.2) is 47.3 Å². The van der Waals surface area contributed by atoms with Gasteiger partial charge in [0.1, 0.15) is 11.9 Å². The summed E-state index contributed by atoms with van der Waals surface area (Å²) in [6.07, 6.45) is 0. The molecule has 0 amide bonds. The molecule has 0 bridgehead atoms. The highest BCUT2D eigenvalue weighted by molar-refractivity contribution is 5.83. The predicted octanol–water partition coefficient (Wildman–Crippen LogP) is 2.06. The number of hydrogen-bond acceptors (Lipinski definition) is 8. The number of nitrogens with one attached hydrogen (secondary N) is 1. The number of nitrogens with zero attached hydrogens (tertiary/aromatic N) is 6. The van der Waals surface area contributed by atoms with Crippen molar-refractivity contribution in [2.24, 2.45) is 0 Å². The lowest BCUT2D eigenvalue weighted by Gasteiger charge is -2.37. The number of methoxy groups -OCH3 is 2. The average molecular weight is 494 g/mol. The van der Waals surface area contributed by atoms with Crippen LogP contribution in [0.3, 0.4) is 0 Å². The van der Waals surface area contributed by atoms with Crippen LogP contribution in [0.5, 0.6) is 11.5 Å². The van der Waals surface area contributed by atoms with Gasteiger partial charge < -0.3 is 19.4 Å². The highest BCUT2D eigenvalue weighted by atomic mass is 19.1. The van der Waals surface area contributed by atoms with E-state index in [9.17, 15) is 9.18 Å². The van der Waals surface area contributed by atoms with Gasteiger partial charge in [-0.05, 0) is 47.3 Å². The van der Waals surface area contributed by atoms with E-state index in [1.165, 1.54) is 12.1 Å². The second kappa shape index (κ2) is 10.0. The summed E-state index contributed by atoms with van der Waals surface area (Å²) in [5.41, 5.74) is 1.81. The zero-order valence-electron chi connectivity index (χ0n) is 20.4. The van der Waals surface area contributed by atoms with Crippen LogP contribution in [-0.4, -0.2) is 82.4 Å². The largest absolute Gasteiger partial charge is 0.493 e.